The van der Waals surface area contributed by atoms with E-state index in [1.165, 1.54) is 0 Å². The van der Waals surface area contributed by atoms with Gasteiger partial charge in [0.1, 0.15) is 0 Å². The first-order valence-electron chi connectivity index (χ1n) is 9.78. The molecule has 1 aliphatic heterocycles. The van der Waals surface area contributed by atoms with Crippen molar-refractivity contribution >= 4 is 22.8 Å². The zero-order valence-corrected chi connectivity index (χ0v) is 16.0. The Bertz CT molecular complexity index is 1000. The van der Waals surface area contributed by atoms with Crippen LogP contribution >= 0.6 is 0 Å². The summed E-state index contributed by atoms with van der Waals surface area (Å²) >= 11 is 0. The van der Waals surface area contributed by atoms with Gasteiger partial charge in [-0.05, 0) is 37.1 Å². The van der Waals surface area contributed by atoms with E-state index in [9.17, 15) is 9.59 Å². The number of fused-ring (bicyclic) bond motifs is 1. The molecule has 0 bridgehead atoms. The van der Waals surface area contributed by atoms with E-state index in [1.807, 2.05) is 30.3 Å². The average molecular weight is 389 g/mol. The molecule has 29 heavy (non-hydrogen) atoms. The van der Waals surface area contributed by atoms with Crippen molar-refractivity contribution in [2.75, 3.05) is 13.1 Å². The summed E-state index contributed by atoms with van der Waals surface area (Å²) in [6, 6.07) is 18.4. The van der Waals surface area contributed by atoms with Crippen molar-refractivity contribution < 1.29 is 9.59 Å². The highest BCUT2D eigenvalue weighted by Crippen LogP contribution is 2.15. The molecule has 148 valence electrons. The van der Waals surface area contributed by atoms with Crippen LogP contribution in [0.15, 0.2) is 60.7 Å². The number of rotatable bonds is 4. The van der Waals surface area contributed by atoms with E-state index in [0.717, 1.165) is 49.1 Å². The summed E-state index contributed by atoms with van der Waals surface area (Å²) in [6.45, 7) is 2.45. The Morgan fingerprint density at radius 1 is 0.966 bits per heavy atom. The van der Waals surface area contributed by atoms with Crippen molar-refractivity contribution in [2.45, 2.75) is 25.4 Å². The SMILES string of the molecule is O=C(NC(=O)c1ccccc1)NC1CCN(Cc2cc3ccccc3nn2)CC1. The van der Waals surface area contributed by atoms with E-state index in [2.05, 4.69) is 31.8 Å². The maximum Gasteiger partial charge on any atom is 0.321 e. The minimum atomic E-state index is -0.447. The largest absolute Gasteiger partial charge is 0.335 e. The van der Waals surface area contributed by atoms with Gasteiger partial charge in [-0.3, -0.25) is 15.0 Å². The average Bonchev–Trinajstić information content (AvgIpc) is 2.75. The molecule has 2 N–H and O–H groups in total. The van der Waals surface area contributed by atoms with Crippen LogP contribution in [-0.2, 0) is 6.54 Å². The molecule has 3 aromatic rings. The number of imide groups is 1. The van der Waals surface area contributed by atoms with Crippen molar-refractivity contribution in [3.05, 3.63) is 71.9 Å². The summed E-state index contributed by atoms with van der Waals surface area (Å²) in [6.07, 6.45) is 1.65. The molecule has 1 aliphatic rings. The lowest BCUT2D eigenvalue weighted by Gasteiger charge is -2.31. The van der Waals surface area contributed by atoms with Crippen LogP contribution in [0.3, 0.4) is 0 Å². The molecule has 1 aromatic heterocycles. The number of hydrogen-bond donors (Lipinski definition) is 2. The monoisotopic (exact) mass is 389 g/mol. The lowest BCUT2D eigenvalue weighted by atomic mass is 10.0. The molecule has 0 atom stereocenters. The van der Waals surface area contributed by atoms with Gasteiger partial charge in [0, 0.05) is 36.6 Å². The summed E-state index contributed by atoms with van der Waals surface area (Å²) in [7, 11) is 0. The topological polar surface area (TPSA) is 87.2 Å². The number of likely N-dealkylation sites (tertiary alicyclic amines) is 1. The Labute approximate surface area is 169 Å². The lowest BCUT2D eigenvalue weighted by Crippen LogP contribution is -2.49. The molecule has 0 spiro atoms. The van der Waals surface area contributed by atoms with Crippen molar-refractivity contribution in [1.29, 1.82) is 0 Å². The number of nitrogens with one attached hydrogen (secondary N) is 2. The number of carbonyl (C=O) groups is 2. The van der Waals surface area contributed by atoms with Gasteiger partial charge in [0.25, 0.3) is 5.91 Å². The van der Waals surface area contributed by atoms with Crippen LogP contribution in [0.4, 0.5) is 4.79 Å². The van der Waals surface area contributed by atoms with E-state index < -0.39 is 11.9 Å². The molecule has 1 saturated heterocycles. The van der Waals surface area contributed by atoms with Crippen LogP contribution in [0.25, 0.3) is 10.9 Å². The summed E-state index contributed by atoms with van der Waals surface area (Å²) in [4.78, 5) is 26.5. The van der Waals surface area contributed by atoms with Gasteiger partial charge in [-0.25, -0.2) is 4.79 Å². The first-order chi connectivity index (χ1) is 14.2. The summed E-state index contributed by atoms with van der Waals surface area (Å²) in [5, 5.41) is 15.0. The molecule has 2 heterocycles. The van der Waals surface area contributed by atoms with Gasteiger partial charge < -0.3 is 5.32 Å². The van der Waals surface area contributed by atoms with E-state index in [0.29, 0.717) is 5.56 Å². The van der Waals surface area contributed by atoms with Gasteiger partial charge >= 0.3 is 6.03 Å². The first kappa shape index (κ1) is 19.0. The Balaban J connectivity index is 1.24. The fourth-order valence-electron chi connectivity index (χ4n) is 3.56. The second-order valence-corrected chi connectivity index (χ2v) is 7.24. The number of benzene rings is 2. The van der Waals surface area contributed by atoms with E-state index in [1.54, 1.807) is 24.3 Å². The molecule has 4 rings (SSSR count). The molecule has 0 saturated carbocycles. The fourth-order valence-corrected chi connectivity index (χ4v) is 3.56. The summed E-state index contributed by atoms with van der Waals surface area (Å²) in [5.74, 6) is -0.393. The lowest BCUT2D eigenvalue weighted by molar-refractivity contribution is 0.0961. The Kier molecular flexibility index (Phi) is 5.76. The zero-order valence-electron chi connectivity index (χ0n) is 16.0. The van der Waals surface area contributed by atoms with Gasteiger partial charge in [0.2, 0.25) is 0 Å². The van der Waals surface area contributed by atoms with Gasteiger partial charge in [-0.2, -0.15) is 10.2 Å². The van der Waals surface area contributed by atoms with Gasteiger partial charge in [0.15, 0.2) is 0 Å². The van der Waals surface area contributed by atoms with E-state index in [4.69, 9.17) is 0 Å². The van der Waals surface area contributed by atoms with Crippen LogP contribution < -0.4 is 10.6 Å². The Morgan fingerprint density at radius 2 is 1.69 bits per heavy atom. The molecule has 7 nitrogen and oxygen atoms in total. The van der Waals surface area contributed by atoms with Gasteiger partial charge in [0.05, 0.1) is 11.2 Å². The van der Waals surface area contributed by atoms with Crippen LogP contribution in [0, 0.1) is 0 Å². The number of amides is 3. The molecule has 2 aromatic carbocycles. The molecule has 0 radical (unpaired) electrons. The van der Waals surface area contributed by atoms with Gasteiger partial charge in [-0.1, -0.05) is 36.4 Å². The number of aromatic nitrogens is 2. The molecule has 3 amide bonds. The maximum absolute atomic E-state index is 12.1. The third kappa shape index (κ3) is 4.94. The fraction of sp³-hybridized carbons (Fsp3) is 0.273. The minimum Gasteiger partial charge on any atom is -0.335 e. The van der Waals surface area contributed by atoms with Crippen LogP contribution in [0.2, 0.25) is 0 Å². The second-order valence-electron chi connectivity index (χ2n) is 7.24. The standard InChI is InChI=1S/C22H23N5O2/c28-21(16-6-2-1-3-7-16)24-22(29)23-18-10-12-27(13-11-18)15-19-14-17-8-4-5-9-20(17)26-25-19/h1-9,14,18H,10-13,15H2,(H2,23,24,28,29). The molecular weight excluding hydrogens is 366 g/mol. The first-order valence-corrected chi connectivity index (χ1v) is 9.78. The molecule has 1 fully saturated rings. The second kappa shape index (κ2) is 8.79. The highest BCUT2D eigenvalue weighted by atomic mass is 16.2. The van der Waals surface area contributed by atoms with Crippen LogP contribution in [0.1, 0.15) is 28.9 Å². The number of hydrogen-bond acceptors (Lipinski definition) is 5. The minimum absolute atomic E-state index is 0.0533. The Hall–Kier alpha value is -3.32. The maximum atomic E-state index is 12.1. The van der Waals surface area contributed by atoms with E-state index >= 15 is 0 Å². The number of urea groups is 1. The highest BCUT2D eigenvalue weighted by molar-refractivity contribution is 6.04. The highest BCUT2D eigenvalue weighted by Gasteiger charge is 2.22. The third-order valence-electron chi connectivity index (χ3n) is 5.12. The predicted molar refractivity (Wildman–Crippen MR) is 110 cm³/mol. The summed E-state index contributed by atoms with van der Waals surface area (Å²) < 4.78 is 0. The van der Waals surface area contributed by atoms with Crippen molar-refractivity contribution in [3.63, 3.8) is 0 Å². The number of nitrogens with zero attached hydrogens (tertiary/aromatic N) is 3. The predicted octanol–water partition coefficient (Wildman–Crippen LogP) is 2.73. The molecule has 0 unspecified atom stereocenters. The summed E-state index contributed by atoms with van der Waals surface area (Å²) in [5.41, 5.74) is 2.31. The van der Waals surface area contributed by atoms with Crippen molar-refractivity contribution in [3.8, 4) is 0 Å². The molecule has 7 heteroatoms. The molecule has 0 aliphatic carbocycles. The number of carbonyl (C=O) groups excluding carboxylic acids is 2. The quantitative estimate of drug-likeness (QED) is 0.716. The normalized spacial score (nSPS) is 15.2. The van der Waals surface area contributed by atoms with Crippen LogP contribution in [0.5, 0.6) is 0 Å². The Morgan fingerprint density at radius 3 is 2.48 bits per heavy atom. The van der Waals surface area contributed by atoms with Gasteiger partial charge in [-0.15, -0.1) is 0 Å². The van der Waals surface area contributed by atoms with Crippen molar-refractivity contribution in [1.82, 2.24) is 25.7 Å². The van der Waals surface area contributed by atoms with Crippen molar-refractivity contribution in [2.24, 2.45) is 0 Å². The molecular formula is C22H23N5O2. The van der Waals surface area contributed by atoms with E-state index in [-0.39, 0.29) is 6.04 Å². The zero-order chi connectivity index (χ0) is 20.1. The smallest absolute Gasteiger partial charge is 0.321 e. The third-order valence-corrected chi connectivity index (χ3v) is 5.12. The van der Waals surface area contributed by atoms with Crippen LogP contribution in [-0.4, -0.2) is 46.2 Å². The number of piperidine rings is 1.